The molecular weight excluding hydrogens is 313 g/mol. The van der Waals surface area contributed by atoms with Gasteiger partial charge in [0.2, 0.25) is 0 Å². The summed E-state index contributed by atoms with van der Waals surface area (Å²) < 4.78 is 13.8. The Labute approximate surface area is 137 Å². The largest absolute Gasteiger partial charge is 0.481 e. The predicted octanol–water partition coefficient (Wildman–Crippen LogP) is 2.10. The molecule has 1 N–H and O–H groups in total. The molecule has 24 heavy (non-hydrogen) atoms. The van der Waals surface area contributed by atoms with Crippen LogP contribution in [0.4, 0.5) is 4.39 Å². The summed E-state index contributed by atoms with van der Waals surface area (Å²) in [7, 11) is 0. The van der Waals surface area contributed by atoms with Gasteiger partial charge in [-0.1, -0.05) is 6.42 Å². The molecule has 1 aromatic heterocycles. The highest BCUT2D eigenvalue weighted by atomic mass is 19.1. The third-order valence-corrected chi connectivity index (χ3v) is 5.35. The smallest absolute Gasteiger partial charge is 0.311 e. The molecule has 4 rings (SSSR count). The van der Waals surface area contributed by atoms with Gasteiger partial charge in [0.25, 0.3) is 5.91 Å². The Hall–Kier alpha value is -2.57. The molecule has 2 aliphatic rings. The molecule has 0 unspecified atom stereocenters. The molecule has 1 saturated carbocycles. The van der Waals surface area contributed by atoms with Crippen LogP contribution in [0.2, 0.25) is 0 Å². The predicted molar refractivity (Wildman–Crippen MR) is 82.8 cm³/mol. The molecule has 2 fully saturated rings. The number of fused-ring (bicyclic) bond motifs is 2. The van der Waals surface area contributed by atoms with Gasteiger partial charge >= 0.3 is 5.97 Å². The number of aliphatic carboxylic acids is 1. The Bertz CT molecular complexity index is 856. The van der Waals surface area contributed by atoms with E-state index in [1.807, 2.05) is 0 Å². The summed E-state index contributed by atoms with van der Waals surface area (Å²) in [5.41, 5.74) is -0.0677. The van der Waals surface area contributed by atoms with Crippen molar-refractivity contribution in [3.63, 3.8) is 0 Å². The fourth-order valence-corrected chi connectivity index (χ4v) is 4.17. The topological polar surface area (TPSA) is 83.4 Å². The van der Waals surface area contributed by atoms with E-state index in [2.05, 4.69) is 9.97 Å². The molecule has 1 aliphatic carbocycles. The molecule has 2 atom stereocenters. The average Bonchev–Trinajstić information content (AvgIpc) is 3.11. The highest BCUT2D eigenvalue weighted by molar-refractivity contribution is 6.05. The monoisotopic (exact) mass is 329 g/mol. The maximum atomic E-state index is 13.8. The number of hydrogen-bond donors (Lipinski definition) is 1. The summed E-state index contributed by atoms with van der Waals surface area (Å²) in [4.78, 5) is 34.4. The number of rotatable bonds is 2. The van der Waals surface area contributed by atoms with E-state index in [0.29, 0.717) is 24.0 Å². The quantitative estimate of drug-likeness (QED) is 0.912. The second kappa shape index (κ2) is 5.22. The van der Waals surface area contributed by atoms with Gasteiger partial charge in [-0.25, -0.2) is 4.39 Å². The van der Waals surface area contributed by atoms with E-state index < -0.39 is 17.2 Å². The van der Waals surface area contributed by atoms with E-state index in [4.69, 9.17) is 0 Å². The van der Waals surface area contributed by atoms with Gasteiger partial charge in [-0.15, -0.1) is 0 Å². The van der Waals surface area contributed by atoms with Crippen LogP contribution in [0.25, 0.3) is 11.0 Å². The summed E-state index contributed by atoms with van der Waals surface area (Å²) in [5, 5.41) is 9.64. The first-order valence-electron chi connectivity index (χ1n) is 7.94. The fraction of sp³-hybridized carbons (Fsp3) is 0.412. The van der Waals surface area contributed by atoms with Crippen molar-refractivity contribution in [2.75, 3.05) is 13.1 Å². The van der Waals surface area contributed by atoms with Crippen LogP contribution in [-0.2, 0) is 4.79 Å². The number of hydrogen-bond acceptors (Lipinski definition) is 4. The van der Waals surface area contributed by atoms with Gasteiger partial charge in [-0.05, 0) is 24.8 Å². The minimum absolute atomic E-state index is 0.0372. The van der Waals surface area contributed by atoms with Crippen LogP contribution in [0.1, 0.15) is 29.6 Å². The first-order valence-corrected chi connectivity index (χ1v) is 7.94. The minimum atomic E-state index is -0.857. The number of nitrogens with zero attached hydrogens (tertiary/aromatic N) is 3. The van der Waals surface area contributed by atoms with E-state index in [1.165, 1.54) is 23.4 Å². The lowest BCUT2D eigenvalue weighted by molar-refractivity contribution is -0.149. The van der Waals surface area contributed by atoms with E-state index in [9.17, 15) is 19.1 Å². The van der Waals surface area contributed by atoms with Crippen molar-refractivity contribution < 1.29 is 19.1 Å². The molecule has 6 nitrogen and oxygen atoms in total. The highest BCUT2D eigenvalue weighted by Crippen LogP contribution is 2.49. The van der Waals surface area contributed by atoms with Crippen LogP contribution in [0.5, 0.6) is 0 Å². The number of carboxylic acid groups (broad SMARTS) is 1. The number of aromatic nitrogens is 2. The first-order chi connectivity index (χ1) is 11.5. The number of carbonyl (C=O) groups excluding carboxylic acids is 1. The summed E-state index contributed by atoms with van der Waals surface area (Å²) in [5.74, 6) is -1.82. The van der Waals surface area contributed by atoms with E-state index >= 15 is 0 Å². The second-order valence-electron chi connectivity index (χ2n) is 6.61. The van der Waals surface area contributed by atoms with E-state index in [1.54, 1.807) is 0 Å². The van der Waals surface area contributed by atoms with Crippen LogP contribution < -0.4 is 0 Å². The Morgan fingerprint density at radius 1 is 1.29 bits per heavy atom. The lowest BCUT2D eigenvalue weighted by Gasteiger charge is -2.23. The summed E-state index contributed by atoms with van der Waals surface area (Å²) in [6, 6.07) is 2.39. The normalized spacial score (nSPS) is 25.9. The SMILES string of the molecule is O=C(c1cc(F)cc2nccnc12)N1C[C@@H]2CCC[C@@]2(C(=O)O)C1. The van der Waals surface area contributed by atoms with Gasteiger partial charge < -0.3 is 10.0 Å². The Kier molecular flexibility index (Phi) is 3.26. The summed E-state index contributed by atoms with van der Waals surface area (Å²) >= 11 is 0. The molecule has 0 bridgehead atoms. The summed E-state index contributed by atoms with van der Waals surface area (Å²) in [6.07, 6.45) is 5.15. The Morgan fingerprint density at radius 2 is 2.08 bits per heavy atom. The maximum Gasteiger partial charge on any atom is 0.311 e. The van der Waals surface area contributed by atoms with Gasteiger partial charge in [0.1, 0.15) is 11.3 Å². The third-order valence-electron chi connectivity index (χ3n) is 5.35. The zero-order chi connectivity index (χ0) is 16.9. The van der Waals surface area contributed by atoms with Crippen molar-refractivity contribution in [1.29, 1.82) is 0 Å². The molecule has 124 valence electrons. The number of carbonyl (C=O) groups is 2. The van der Waals surface area contributed by atoms with Crippen LogP contribution in [0.3, 0.4) is 0 Å². The first kappa shape index (κ1) is 15.0. The molecule has 7 heteroatoms. The molecule has 1 aliphatic heterocycles. The number of benzene rings is 1. The van der Waals surface area contributed by atoms with Crippen molar-refractivity contribution in [3.05, 3.63) is 35.9 Å². The fourth-order valence-electron chi connectivity index (χ4n) is 4.17. The van der Waals surface area contributed by atoms with Crippen molar-refractivity contribution in [2.45, 2.75) is 19.3 Å². The Morgan fingerprint density at radius 3 is 2.83 bits per heavy atom. The molecule has 1 amide bonds. The highest BCUT2D eigenvalue weighted by Gasteiger charge is 2.55. The average molecular weight is 329 g/mol. The molecule has 0 radical (unpaired) electrons. The third kappa shape index (κ3) is 2.07. The van der Waals surface area contributed by atoms with Gasteiger partial charge in [0.15, 0.2) is 0 Å². The van der Waals surface area contributed by atoms with Crippen molar-refractivity contribution in [1.82, 2.24) is 14.9 Å². The lowest BCUT2D eigenvalue weighted by atomic mass is 9.81. The molecule has 1 aromatic carbocycles. The van der Waals surface area contributed by atoms with Crippen LogP contribution in [0, 0.1) is 17.2 Å². The standard InChI is InChI=1S/C17H16FN3O3/c18-11-6-12(14-13(7-11)19-4-5-20-14)15(22)21-8-10-2-1-3-17(10,9-21)16(23)24/h4-7,10H,1-3,8-9H2,(H,23,24)/t10-,17+/m0/s1. The van der Waals surface area contributed by atoms with Gasteiger partial charge in [0.05, 0.1) is 16.5 Å². The van der Waals surface area contributed by atoms with Crippen molar-refractivity contribution >= 4 is 22.9 Å². The maximum absolute atomic E-state index is 13.8. The lowest BCUT2D eigenvalue weighted by Crippen LogP contribution is -2.37. The molecule has 2 heterocycles. The molecule has 2 aromatic rings. The number of carboxylic acids is 1. The number of halogens is 1. The van der Waals surface area contributed by atoms with Gasteiger partial charge in [0, 0.05) is 31.5 Å². The molecular formula is C17H16FN3O3. The minimum Gasteiger partial charge on any atom is -0.481 e. The van der Waals surface area contributed by atoms with Crippen LogP contribution in [0.15, 0.2) is 24.5 Å². The van der Waals surface area contributed by atoms with Gasteiger partial charge in [-0.3, -0.25) is 19.6 Å². The van der Waals surface area contributed by atoms with Crippen molar-refractivity contribution in [3.8, 4) is 0 Å². The van der Waals surface area contributed by atoms with Crippen molar-refractivity contribution in [2.24, 2.45) is 11.3 Å². The zero-order valence-corrected chi connectivity index (χ0v) is 12.9. The molecule has 1 saturated heterocycles. The van der Waals surface area contributed by atoms with Crippen LogP contribution in [-0.4, -0.2) is 44.9 Å². The zero-order valence-electron chi connectivity index (χ0n) is 12.9. The summed E-state index contributed by atoms with van der Waals surface area (Å²) in [6.45, 7) is 0.563. The molecule has 0 spiro atoms. The number of amides is 1. The number of likely N-dealkylation sites (tertiary alicyclic amines) is 1. The second-order valence-corrected chi connectivity index (χ2v) is 6.61. The Balaban J connectivity index is 1.72. The van der Waals surface area contributed by atoms with E-state index in [-0.39, 0.29) is 23.9 Å². The van der Waals surface area contributed by atoms with E-state index in [0.717, 1.165) is 18.9 Å². The van der Waals surface area contributed by atoms with Gasteiger partial charge in [-0.2, -0.15) is 0 Å². The van der Waals surface area contributed by atoms with Crippen LogP contribution >= 0.6 is 0 Å².